The van der Waals surface area contributed by atoms with Crippen LogP contribution >= 0.6 is 11.6 Å². The van der Waals surface area contributed by atoms with E-state index < -0.39 is 28.5 Å². The van der Waals surface area contributed by atoms with E-state index in [2.05, 4.69) is 15.4 Å². The lowest BCUT2D eigenvalue weighted by Crippen LogP contribution is -2.54. The first-order valence-corrected chi connectivity index (χ1v) is 18.8. The molecular weight excluding hydrogens is 757 g/mol. The molecule has 18 heteroatoms. The smallest absolute Gasteiger partial charge is 0.416 e. The fourth-order valence-corrected chi connectivity index (χ4v) is 9.31. The number of fused-ring (bicyclic) bond motifs is 5. The molecule has 1 spiro atoms. The maximum Gasteiger partial charge on any atom is 0.416 e. The summed E-state index contributed by atoms with van der Waals surface area (Å²) in [6.07, 6.45) is 1.23. The van der Waals surface area contributed by atoms with E-state index in [-0.39, 0.29) is 69.6 Å². The standard InChI is InChI=1S/C38H36ClF3N8O6/c1-36(18-56-19-36)34(55)47-12-7-20(8-13-47)31-45-35-49(17-28(52)44-24-5-4-21(15-23(24)39)38(40,41)42)25-6-9-37(29(25)32(53)50(35)46-31)10-14-48(26-16-22(26)37)33(54)30-27(51)3-2-11-43-30/h2-5,7,11,15,22,26,51H,6,8-10,12-14,16-19H2,1H3,(H,44,52). The summed E-state index contributed by atoms with van der Waals surface area (Å²) in [7, 11) is 0. The maximum atomic E-state index is 14.6. The van der Waals surface area contributed by atoms with Crippen molar-refractivity contribution in [1.29, 1.82) is 0 Å². The van der Waals surface area contributed by atoms with Crippen LogP contribution in [0, 0.1) is 11.3 Å². The monoisotopic (exact) mass is 792 g/mol. The molecule has 1 saturated carbocycles. The fraction of sp³-hybridized carbons (Fsp3) is 0.447. The van der Waals surface area contributed by atoms with Gasteiger partial charge < -0.3 is 29.5 Å². The van der Waals surface area contributed by atoms with Crippen LogP contribution in [0.3, 0.4) is 0 Å². The van der Waals surface area contributed by atoms with Crippen molar-refractivity contribution in [2.75, 3.05) is 38.2 Å². The number of nitrogens with zero attached hydrogens (tertiary/aromatic N) is 7. The molecule has 9 rings (SSSR count). The molecule has 3 atom stereocenters. The Hall–Kier alpha value is -5.29. The second-order valence-corrected chi connectivity index (χ2v) is 16.0. The Balaban J connectivity index is 1.07. The number of alkyl halides is 3. The van der Waals surface area contributed by atoms with E-state index in [1.54, 1.807) is 20.4 Å². The molecule has 56 heavy (non-hydrogen) atoms. The molecule has 0 bridgehead atoms. The van der Waals surface area contributed by atoms with Gasteiger partial charge in [-0.05, 0) is 80.9 Å². The van der Waals surface area contributed by atoms with Crippen LogP contribution in [0.15, 0.2) is 47.4 Å². The van der Waals surface area contributed by atoms with Crippen molar-refractivity contribution >= 4 is 46.4 Å². The average molecular weight is 793 g/mol. The number of aromatic nitrogens is 5. The Morgan fingerprint density at radius 1 is 1.12 bits per heavy atom. The van der Waals surface area contributed by atoms with Crippen molar-refractivity contribution in [2.45, 2.75) is 63.2 Å². The van der Waals surface area contributed by atoms with Crippen molar-refractivity contribution in [2.24, 2.45) is 11.3 Å². The number of aromatic hydroxyl groups is 1. The zero-order valence-corrected chi connectivity index (χ0v) is 30.9. The van der Waals surface area contributed by atoms with Crippen molar-refractivity contribution < 1.29 is 37.4 Å². The summed E-state index contributed by atoms with van der Waals surface area (Å²) in [5, 5.41) is 17.4. The Morgan fingerprint density at radius 3 is 2.61 bits per heavy atom. The molecule has 6 heterocycles. The highest BCUT2D eigenvalue weighted by Crippen LogP contribution is 2.60. The van der Waals surface area contributed by atoms with E-state index in [0.29, 0.717) is 76.2 Å². The molecule has 292 valence electrons. The summed E-state index contributed by atoms with van der Waals surface area (Å²) < 4.78 is 48.0. The molecule has 1 aromatic carbocycles. The quantitative estimate of drug-likeness (QED) is 0.293. The number of ether oxygens (including phenoxy) is 1. The summed E-state index contributed by atoms with van der Waals surface area (Å²) in [5.41, 5.74) is -0.698. The summed E-state index contributed by atoms with van der Waals surface area (Å²) in [4.78, 5) is 67.4. The van der Waals surface area contributed by atoms with Crippen LogP contribution in [0.5, 0.6) is 5.75 Å². The third-order valence-corrected chi connectivity index (χ3v) is 12.4. The van der Waals surface area contributed by atoms with E-state index in [1.165, 1.54) is 16.8 Å². The van der Waals surface area contributed by atoms with Gasteiger partial charge in [0.2, 0.25) is 17.6 Å². The maximum absolute atomic E-state index is 14.6. The number of anilines is 1. The summed E-state index contributed by atoms with van der Waals surface area (Å²) in [6, 6.07) is 5.43. The normalized spacial score (nSPS) is 23.7. The molecule has 14 nitrogen and oxygen atoms in total. The van der Waals surface area contributed by atoms with Crippen LogP contribution in [0.2, 0.25) is 5.02 Å². The highest BCUT2D eigenvalue weighted by atomic mass is 35.5. The number of halogens is 4. The molecule has 3 amide bonds. The number of piperidine rings is 1. The van der Waals surface area contributed by atoms with Crippen LogP contribution in [0.1, 0.15) is 65.7 Å². The third kappa shape index (κ3) is 5.76. The minimum absolute atomic E-state index is 0.00513. The highest BCUT2D eigenvalue weighted by molar-refractivity contribution is 6.33. The first kappa shape index (κ1) is 36.4. The van der Waals surface area contributed by atoms with Crippen molar-refractivity contribution in [1.82, 2.24) is 33.9 Å². The number of pyridine rings is 1. The van der Waals surface area contributed by atoms with Gasteiger partial charge in [0.05, 0.1) is 34.9 Å². The number of benzene rings is 1. The Bertz CT molecular complexity index is 2440. The average Bonchev–Trinajstić information content (AvgIpc) is 3.70. The van der Waals surface area contributed by atoms with Gasteiger partial charge in [-0.25, -0.2) is 4.98 Å². The predicted molar refractivity (Wildman–Crippen MR) is 194 cm³/mol. The number of nitrogens with one attached hydrogen (secondary N) is 1. The fourth-order valence-electron chi connectivity index (χ4n) is 9.09. The first-order chi connectivity index (χ1) is 26.7. The third-order valence-electron chi connectivity index (χ3n) is 12.1. The summed E-state index contributed by atoms with van der Waals surface area (Å²) in [5.74, 6) is -0.856. The molecule has 3 unspecified atom stereocenters. The largest absolute Gasteiger partial charge is 0.505 e. The molecule has 3 aliphatic heterocycles. The molecule has 2 saturated heterocycles. The number of amides is 3. The van der Waals surface area contributed by atoms with E-state index in [4.69, 9.17) is 21.3 Å². The van der Waals surface area contributed by atoms with Gasteiger partial charge in [0, 0.05) is 48.5 Å². The van der Waals surface area contributed by atoms with Gasteiger partial charge >= 0.3 is 6.18 Å². The lowest BCUT2D eigenvalue weighted by atomic mass is 9.73. The number of carbonyl (C=O) groups excluding carboxylic acids is 3. The van der Waals surface area contributed by atoms with Gasteiger partial charge in [-0.3, -0.25) is 19.2 Å². The summed E-state index contributed by atoms with van der Waals surface area (Å²) in [6.45, 7) is 3.33. The van der Waals surface area contributed by atoms with Crippen LogP contribution in [-0.4, -0.2) is 95.7 Å². The van der Waals surface area contributed by atoms with Crippen LogP contribution in [0.4, 0.5) is 18.9 Å². The van der Waals surface area contributed by atoms with Crippen molar-refractivity contribution in [3.63, 3.8) is 0 Å². The highest BCUT2D eigenvalue weighted by Gasteiger charge is 2.63. The minimum atomic E-state index is -4.62. The zero-order chi connectivity index (χ0) is 39.3. The van der Waals surface area contributed by atoms with E-state index in [1.807, 2.05) is 13.0 Å². The lowest BCUT2D eigenvalue weighted by molar-refractivity contribution is -0.168. The molecule has 0 radical (unpaired) electrons. The molecule has 2 N–H and O–H groups in total. The SMILES string of the molecule is CC1(C(=O)N2CC=C(c3nc4n(CC(=O)Nc5ccc(C(F)(F)F)cc5Cl)c5c(c(=O)n4n3)C3(CC5)CCN(C(=O)c4ncccc4O)C4CC43)CC2)COC1. The van der Waals surface area contributed by atoms with Crippen LogP contribution < -0.4 is 10.9 Å². The second kappa shape index (κ2) is 12.9. The first-order valence-electron chi connectivity index (χ1n) is 18.4. The number of hydrogen-bond acceptors (Lipinski definition) is 9. The molecule has 3 fully saturated rings. The number of rotatable bonds is 6. The van der Waals surface area contributed by atoms with Crippen molar-refractivity contribution in [3.8, 4) is 5.75 Å². The molecule has 2 aliphatic carbocycles. The van der Waals surface area contributed by atoms with Gasteiger partial charge in [-0.2, -0.15) is 22.7 Å². The molecule has 4 aromatic rings. The minimum Gasteiger partial charge on any atom is -0.505 e. The van der Waals surface area contributed by atoms with Crippen LogP contribution in [0.25, 0.3) is 11.4 Å². The van der Waals surface area contributed by atoms with Gasteiger partial charge in [0.15, 0.2) is 11.5 Å². The Kier molecular flexibility index (Phi) is 8.36. The summed E-state index contributed by atoms with van der Waals surface area (Å²) >= 11 is 6.18. The van der Waals surface area contributed by atoms with Gasteiger partial charge in [-0.15, -0.1) is 5.10 Å². The molecule has 5 aliphatic rings. The Labute approximate surface area is 321 Å². The topological polar surface area (TPSA) is 164 Å². The van der Waals surface area contributed by atoms with Gasteiger partial charge in [0.25, 0.3) is 11.5 Å². The van der Waals surface area contributed by atoms with Crippen LogP contribution in [-0.2, 0) is 38.9 Å². The zero-order valence-electron chi connectivity index (χ0n) is 30.1. The van der Waals surface area contributed by atoms with Crippen molar-refractivity contribution in [3.05, 3.63) is 86.3 Å². The predicted octanol–water partition coefficient (Wildman–Crippen LogP) is 4.07. The van der Waals surface area contributed by atoms with Gasteiger partial charge in [-0.1, -0.05) is 17.7 Å². The second-order valence-electron chi connectivity index (χ2n) is 15.6. The lowest BCUT2D eigenvalue weighted by Gasteiger charge is -2.41. The number of hydrogen-bond donors (Lipinski definition) is 2. The van der Waals surface area contributed by atoms with Gasteiger partial charge in [0.1, 0.15) is 12.3 Å². The number of likely N-dealkylation sites (tertiary alicyclic amines) is 1. The Morgan fingerprint density at radius 2 is 1.93 bits per heavy atom. The van der Waals surface area contributed by atoms with E-state index in [9.17, 15) is 37.5 Å². The molecular formula is C38H36ClF3N8O6. The van der Waals surface area contributed by atoms with E-state index in [0.717, 1.165) is 23.8 Å². The number of carbonyl (C=O) groups is 3. The molecule has 3 aromatic heterocycles. The van der Waals surface area contributed by atoms with E-state index >= 15 is 0 Å².